The van der Waals surface area contributed by atoms with E-state index < -0.39 is 0 Å². The number of para-hydroxylation sites is 1. The minimum absolute atomic E-state index is 0.0323. The molecule has 0 spiro atoms. The maximum absolute atomic E-state index is 13.9. The van der Waals surface area contributed by atoms with Gasteiger partial charge in [-0.05, 0) is 33.0 Å². The number of likely N-dealkylation sites (tertiary alicyclic amines) is 1. The number of ketones is 1. The number of aryl methyl sites for hydroxylation is 1. The molecule has 7 heteroatoms. The summed E-state index contributed by atoms with van der Waals surface area (Å²) >= 11 is 0. The molecule has 2 bridgehead atoms. The summed E-state index contributed by atoms with van der Waals surface area (Å²) in [5.41, 5.74) is 3.77. The maximum atomic E-state index is 13.9. The number of carbonyl (C=O) groups excluding carboxylic acids is 2. The van der Waals surface area contributed by atoms with Gasteiger partial charge in [0.15, 0.2) is 5.78 Å². The summed E-state index contributed by atoms with van der Waals surface area (Å²) in [6.07, 6.45) is 4.36. The van der Waals surface area contributed by atoms with Gasteiger partial charge in [0, 0.05) is 80.8 Å². The molecule has 7 nitrogen and oxygen atoms in total. The van der Waals surface area contributed by atoms with E-state index in [4.69, 9.17) is 4.74 Å². The minimum atomic E-state index is -0.112. The Hall–Kier alpha value is -2.64. The second kappa shape index (κ2) is 8.86. The van der Waals surface area contributed by atoms with Crippen LogP contribution in [0.25, 0.3) is 10.9 Å². The largest absolute Gasteiger partial charge is 0.383 e. The molecule has 0 saturated carbocycles. The van der Waals surface area contributed by atoms with E-state index in [0.29, 0.717) is 13.0 Å². The van der Waals surface area contributed by atoms with E-state index >= 15 is 0 Å². The van der Waals surface area contributed by atoms with Crippen LogP contribution < -0.4 is 0 Å². The first kappa shape index (κ1) is 23.1. The van der Waals surface area contributed by atoms with E-state index in [-0.39, 0.29) is 35.6 Å². The van der Waals surface area contributed by atoms with Gasteiger partial charge in [-0.15, -0.1) is 0 Å². The third-order valence-electron chi connectivity index (χ3n) is 8.03. The van der Waals surface area contributed by atoms with Crippen LogP contribution >= 0.6 is 0 Å². The molecule has 34 heavy (non-hydrogen) atoms. The summed E-state index contributed by atoms with van der Waals surface area (Å²) in [6, 6.07) is 8.44. The van der Waals surface area contributed by atoms with Gasteiger partial charge in [-0.25, -0.2) is 0 Å². The normalized spacial score (nSPS) is 26.8. The van der Waals surface area contributed by atoms with Crippen LogP contribution in [0.3, 0.4) is 0 Å². The van der Waals surface area contributed by atoms with E-state index in [0.717, 1.165) is 53.7 Å². The average molecular weight is 465 g/mol. The van der Waals surface area contributed by atoms with Crippen molar-refractivity contribution in [2.75, 3.05) is 47.9 Å². The molecular formula is C27H36N4O3. The molecule has 1 saturated heterocycles. The molecule has 0 unspecified atom stereocenters. The van der Waals surface area contributed by atoms with Crippen molar-refractivity contribution in [2.45, 2.75) is 31.3 Å². The van der Waals surface area contributed by atoms with Gasteiger partial charge in [-0.2, -0.15) is 0 Å². The van der Waals surface area contributed by atoms with Gasteiger partial charge in [-0.1, -0.05) is 18.2 Å². The predicted molar refractivity (Wildman–Crippen MR) is 133 cm³/mol. The molecule has 1 fully saturated rings. The number of rotatable bonds is 5. The first-order valence-corrected chi connectivity index (χ1v) is 12.3. The number of methoxy groups -OCH3 is 1. The Balaban J connectivity index is 1.64. The fourth-order valence-electron chi connectivity index (χ4n) is 6.68. The zero-order valence-corrected chi connectivity index (χ0v) is 21.0. The summed E-state index contributed by atoms with van der Waals surface area (Å²) in [5, 5.41) is 1.14. The number of benzene rings is 1. The standard InChI is InChI=1S/C27H36N4O3/c1-28(2)14-20-19-13-23(32)26-24(18-10-6-7-11-22(18)30(26)4)25(20)29(3)15-21(19)27(33)31-12-8-9-17(31)16-34-5/h6-7,10-11,15,17,19-20,25H,8-9,12-14,16H2,1-5H3/t17-,19+,20+,25+/m0/s1. The molecule has 3 aliphatic rings. The van der Waals surface area contributed by atoms with Crippen LogP contribution in [0.2, 0.25) is 0 Å². The Bertz CT molecular complexity index is 1150. The SMILES string of the molecule is COC[C@@H]1CCCN1C(=O)C1=CN(C)[C@H]2c3c(n(C)c4ccccc34)C(=O)C[C@@H]1[C@H]2CN(C)C. The first-order chi connectivity index (χ1) is 16.3. The maximum Gasteiger partial charge on any atom is 0.251 e. The number of nitrogens with zero attached hydrogens (tertiary/aromatic N) is 4. The predicted octanol–water partition coefficient (Wildman–Crippen LogP) is 3.07. The number of carbonyl (C=O) groups is 2. The molecular weight excluding hydrogens is 428 g/mol. The van der Waals surface area contributed by atoms with Crippen LogP contribution in [0.1, 0.15) is 41.4 Å². The van der Waals surface area contributed by atoms with Crippen molar-refractivity contribution in [3.05, 3.63) is 47.3 Å². The fraction of sp³-hybridized carbons (Fsp3) is 0.556. The Morgan fingerprint density at radius 1 is 1.21 bits per heavy atom. The average Bonchev–Trinajstić information content (AvgIpc) is 3.35. The molecule has 2 aliphatic heterocycles. The highest BCUT2D eigenvalue weighted by atomic mass is 16.5. The van der Waals surface area contributed by atoms with Gasteiger partial charge in [0.1, 0.15) is 0 Å². The molecule has 3 heterocycles. The minimum Gasteiger partial charge on any atom is -0.383 e. The highest BCUT2D eigenvalue weighted by Gasteiger charge is 2.48. The molecule has 1 aliphatic carbocycles. The van der Waals surface area contributed by atoms with E-state index in [9.17, 15) is 9.59 Å². The summed E-state index contributed by atoms with van der Waals surface area (Å²) in [5.74, 6) is 0.220. The van der Waals surface area contributed by atoms with Crippen LogP contribution in [0, 0.1) is 11.8 Å². The smallest absolute Gasteiger partial charge is 0.251 e. The molecule has 5 rings (SSSR count). The van der Waals surface area contributed by atoms with Gasteiger partial charge in [0.05, 0.1) is 24.4 Å². The van der Waals surface area contributed by atoms with Crippen LogP contribution in [0.4, 0.5) is 0 Å². The molecule has 182 valence electrons. The van der Waals surface area contributed by atoms with Crippen molar-refractivity contribution < 1.29 is 14.3 Å². The summed E-state index contributed by atoms with van der Waals surface area (Å²) in [4.78, 5) is 34.1. The lowest BCUT2D eigenvalue weighted by atomic mass is 9.75. The van der Waals surface area contributed by atoms with E-state index in [2.05, 4.69) is 47.6 Å². The van der Waals surface area contributed by atoms with Gasteiger partial charge in [-0.3, -0.25) is 9.59 Å². The lowest BCUT2D eigenvalue weighted by molar-refractivity contribution is -0.130. The van der Waals surface area contributed by atoms with Crippen molar-refractivity contribution in [2.24, 2.45) is 18.9 Å². The number of hydrogen-bond donors (Lipinski definition) is 0. The second-order valence-corrected chi connectivity index (χ2v) is 10.4. The van der Waals surface area contributed by atoms with E-state index in [1.54, 1.807) is 7.11 Å². The van der Waals surface area contributed by atoms with Gasteiger partial charge in [0.25, 0.3) is 5.91 Å². The molecule has 1 amide bonds. The lowest BCUT2D eigenvalue weighted by Crippen LogP contribution is -2.47. The number of aromatic nitrogens is 1. The van der Waals surface area contributed by atoms with Crippen molar-refractivity contribution in [3.8, 4) is 0 Å². The summed E-state index contributed by atoms with van der Waals surface area (Å²) in [7, 11) is 9.90. The van der Waals surface area contributed by atoms with Crippen LogP contribution in [-0.2, 0) is 16.6 Å². The number of amides is 1. The van der Waals surface area contributed by atoms with E-state index in [1.807, 2.05) is 30.3 Å². The molecule has 2 aromatic rings. The highest BCUT2D eigenvalue weighted by molar-refractivity contribution is 6.05. The second-order valence-electron chi connectivity index (χ2n) is 10.4. The molecule has 0 radical (unpaired) electrons. The zero-order chi connectivity index (χ0) is 24.1. The summed E-state index contributed by atoms with van der Waals surface area (Å²) < 4.78 is 7.47. The Kier molecular flexibility index (Phi) is 6.02. The van der Waals surface area contributed by atoms with Crippen molar-refractivity contribution in [1.82, 2.24) is 19.3 Å². The molecule has 1 aromatic carbocycles. The van der Waals surface area contributed by atoms with E-state index in [1.165, 1.54) is 0 Å². The number of hydrogen-bond acceptors (Lipinski definition) is 5. The Labute approximate surface area is 201 Å². The topological polar surface area (TPSA) is 58.0 Å². The zero-order valence-electron chi connectivity index (χ0n) is 21.0. The fourth-order valence-corrected chi connectivity index (χ4v) is 6.68. The quantitative estimate of drug-likeness (QED) is 0.681. The molecule has 0 N–H and O–H groups in total. The Morgan fingerprint density at radius 2 is 1.97 bits per heavy atom. The molecule has 4 atom stereocenters. The Morgan fingerprint density at radius 3 is 2.71 bits per heavy atom. The third kappa shape index (κ3) is 3.57. The van der Waals surface area contributed by atoms with Gasteiger partial charge >= 0.3 is 0 Å². The lowest BCUT2D eigenvalue weighted by Gasteiger charge is -2.44. The van der Waals surface area contributed by atoms with Gasteiger partial charge < -0.3 is 24.0 Å². The van der Waals surface area contributed by atoms with Crippen molar-refractivity contribution in [1.29, 1.82) is 0 Å². The van der Waals surface area contributed by atoms with Crippen LogP contribution in [0.15, 0.2) is 36.0 Å². The monoisotopic (exact) mass is 464 g/mol. The number of Topliss-reactive ketones (excluding diaryl/α,β-unsaturated/α-hetero) is 1. The van der Waals surface area contributed by atoms with Crippen molar-refractivity contribution >= 4 is 22.6 Å². The molecule has 1 aromatic heterocycles. The van der Waals surface area contributed by atoms with Crippen molar-refractivity contribution in [3.63, 3.8) is 0 Å². The highest BCUT2D eigenvalue weighted by Crippen LogP contribution is 2.49. The third-order valence-corrected chi connectivity index (χ3v) is 8.03. The summed E-state index contributed by atoms with van der Waals surface area (Å²) in [6.45, 7) is 2.11. The number of ether oxygens (including phenoxy) is 1. The van der Waals surface area contributed by atoms with Crippen LogP contribution in [0.5, 0.6) is 0 Å². The number of fused-ring (bicyclic) bond motifs is 6. The first-order valence-electron chi connectivity index (χ1n) is 12.3. The van der Waals surface area contributed by atoms with Crippen LogP contribution in [-0.4, -0.2) is 84.9 Å². The van der Waals surface area contributed by atoms with Gasteiger partial charge in [0.2, 0.25) is 0 Å².